The number of aryl methyl sites for hydroxylation is 1. The van der Waals surface area contributed by atoms with E-state index in [0.717, 1.165) is 35.0 Å². The molecule has 136 valence electrons. The Morgan fingerprint density at radius 2 is 2.22 bits per heavy atom. The predicted octanol–water partition coefficient (Wildman–Crippen LogP) is 4.21. The summed E-state index contributed by atoms with van der Waals surface area (Å²) < 4.78 is 7.04. The topological polar surface area (TPSA) is 65.1 Å². The fourth-order valence-corrected chi connectivity index (χ4v) is 5.17. The number of carbonyl (C=O) groups is 1. The van der Waals surface area contributed by atoms with Crippen molar-refractivity contribution in [2.24, 2.45) is 5.92 Å². The van der Waals surface area contributed by atoms with Gasteiger partial charge < -0.3 is 4.42 Å². The van der Waals surface area contributed by atoms with Crippen molar-refractivity contribution in [3.8, 4) is 0 Å². The average Bonchev–Trinajstić information content (AvgIpc) is 3.25. The molecule has 0 spiro atoms. The van der Waals surface area contributed by atoms with Gasteiger partial charge in [0.1, 0.15) is 10.4 Å². The fraction of sp³-hybridized carbons (Fsp3) is 0.286. The van der Waals surface area contributed by atoms with Crippen LogP contribution in [-0.2, 0) is 19.4 Å². The Balaban J connectivity index is 1.52. The first-order valence-corrected chi connectivity index (χ1v) is 9.93. The van der Waals surface area contributed by atoms with Gasteiger partial charge in [0.05, 0.1) is 18.3 Å². The van der Waals surface area contributed by atoms with E-state index in [1.807, 2.05) is 24.3 Å². The number of carbonyl (C=O) groups excluding carboxylic acids is 1. The van der Waals surface area contributed by atoms with E-state index in [1.165, 1.54) is 15.8 Å². The summed E-state index contributed by atoms with van der Waals surface area (Å²) in [5.74, 6) is 0.680. The summed E-state index contributed by atoms with van der Waals surface area (Å²) in [7, 11) is 0. The zero-order valence-corrected chi connectivity index (χ0v) is 15.7. The molecule has 0 amide bonds. The van der Waals surface area contributed by atoms with Gasteiger partial charge in [0.25, 0.3) is 5.56 Å². The maximum Gasteiger partial charge on any atom is 0.262 e. The number of Topliss-reactive ketones (excluding diaryl/α,β-unsaturated/α-hetero) is 1. The van der Waals surface area contributed by atoms with Crippen LogP contribution in [0.3, 0.4) is 0 Å². The highest BCUT2D eigenvalue weighted by Gasteiger charge is 2.24. The largest absolute Gasteiger partial charge is 0.453 e. The van der Waals surface area contributed by atoms with Crippen molar-refractivity contribution < 1.29 is 9.21 Å². The number of benzene rings is 1. The second-order valence-corrected chi connectivity index (χ2v) is 8.36. The zero-order valence-electron chi connectivity index (χ0n) is 14.9. The van der Waals surface area contributed by atoms with Crippen LogP contribution in [0.2, 0.25) is 0 Å². The number of thiophene rings is 1. The van der Waals surface area contributed by atoms with Gasteiger partial charge >= 0.3 is 0 Å². The number of aromatic nitrogens is 2. The third-order valence-electron chi connectivity index (χ3n) is 5.30. The maximum atomic E-state index is 13.0. The van der Waals surface area contributed by atoms with Gasteiger partial charge in [-0.15, -0.1) is 11.3 Å². The number of para-hydroxylation sites is 1. The molecule has 0 unspecified atom stereocenters. The Kier molecular flexibility index (Phi) is 3.75. The molecule has 1 aromatic carbocycles. The van der Waals surface area contributed by atoms with E-state index in [4.69, 9.17) is 4.42 Å². The second-order valence-electron chi connectivity index (χ2n) is 7.28. The molecule has 0 fully saturated rings. The summed E-state index contributed by atoms with van der Waals surface area (Å²) in [6.45, 7) is 2.17. The minimum atomic E-state index is -0.229. The van der Waals surface area contributed by atoms with Gasteiger partial charge in [-0.05, 0) is 42.9 Å². The smallest absolute Gasteiger partial charge is 0.262 e. The van der Waals surface area contributed by atoms with E-state index in [2.05, 4.69) is 11.9 Å². The van der Waals surface area contributed by atoms with Gasteiger partial charge in [0.2, 0.25) is 5.78 Å². The molecule has 0 saturated heterocycles. The third-order valence-corrected chi connectivity index (χ3v) is 6.46. The normalized spacial score (nSPS) is 16.7. The average molecular weight is 378 g/mol. The van der Waals surface area contributed by atoms with Crippen LogP contribution in [0.25, 0.3) is 21.2 Å². The lowest BCUT2D eigenvalue weighted by molar-refractivity contribution is 0.0945. The molecule has 0 aliphatic heterocycles. The molecule has 5 nitrogen and oxygen atoms in total. The van der Waals surface area contributed by atoms with Gasteiger partial charge in [0, 0.05) is 10.3 Å². The van der Waals surface area contributed by atoms with E-state index in [0.29, 0.717) is 16.9 Å². The zero-order chi connectivity index (χ0) is 18.5. The Morgan fingerprint density at radius 3 is 3.07 bits per heavy atom. The van der Waals surface area contributed by atoms with Gasteiger partial charge in [-0.1, -0.05) is 25.1 Å². The first kappa shape index (κ1) is 16.4. The van der Waals surface area contributed by atoms with Gasteiger partial charge in [-0.25, -0.2) is 4.98 Å². The predicted molar refractivity (Wildman–Crippen MR) is 106 cm³/mol. The molecule has 3 aromatic heterocycles. The van der Waals surface area contributed by atoms with Crippen molar-refractivity contribution in [2.75, 3.05) is 0 Å². The number of fused-ring (bicyclic) bond motifs is 4. The van der Waals surface area contributed by atoms with E-state index < -0.39 is 0 Å². The first-order chi connectivity index (χ1) is 13.1. The number of furan rings is 1. The van der Waals surface area contributed by atoms with Crippen molar-refractivity contribution in [3.63, 3.8) is 0 Å². The van der Waals surface area contributed by atoms with Crippen molar-refractivity contribution in [1.29, 1.82) is 0 Å². The molecule has 0 radical (unpaired) electrons. The SMILES string of the molecule is C[C@@H]1CCc2c(sc3ncn(CC(=O)c4cc5ccccc5o4)c(=O)c23)C1. The van der Waals surface area contributed by atoms with Crippen LogP contribution >= 0.6 is 11.3 Å². The Hall–Kier alpha value is -2.73. The Labute approximate surface area is 159 Å². The number of hydrogen-bond acceptors (Lipinski definition) is 5. The van der Waals surface area contributed by atoms with Crippen LogP contribution in [0.1, 0.15) is 34.3 Å². The molecule has 3 heterocycles. The fourth-order valence-electron chi connectivity index (χ4n) is 3.83. The van der Waals surface area contributed by atoms with Crippen LogP contribution in [0.15, 0.2) is 45.9 Å². The number of ketones is 1. The highest BCUT2D eigenvalue weighted by molar-refractivity contribution is 7.18. The minimum absolute atomic E-state index is 0.0668. The Morgan fingerprint density at radius 1 is 1.37 bits per heavy atom. The minimum Gasteiger partial charge on any atom is -0.453 e. The van der Waals surface area contributed by atoms with E-state index in [1.54, 1.807) is 17.4 Å². The van der Waals surface area contributed by atoms with Crippen LogP contribution in [-0.4, -0.2) is 15.3 Å². The van der Waals surface area contributed by atoms with Crippen molar-refractivity contribution >= 4 is 38.3 Å². The maximum absolute atomic E-state index is 13.0. The highest BCUT2D eigenvalue weighted by Crippen LogP contribution is 2.35. The molecular weight excluding hydrogens is 360 g/mol. The van der Waals surface area contributed by atoms with E-state index in [-0.39, 0.29) is 23.6 Å². The molecule has 6 heteroatoms. The van der Waals surface area contributed by atoms with Crippen LogP contribution in [0.4, 0.5) is 0 Å². The quantitative estimate of drug-likeness (QED) is 0.501. The molecule has 0 saturated carbocycles. The number of nitrogens with zero attached hydrogens (tertiary/aromatic N) is 2. The molecule has 4 aromatic rings. The monoisotopic (exact) mass is 378 g/mol. The summed E-state index contributed by atoms with van der Waals surface area (Å²) in [6.07, 6.45) is 4.49. The lowest BCUT2D eigenvalue weighted by Crippen LogP contribution is -2.25. The second kappa shape index (κ2) is 6.16. The number of rotatable bonds is 3. The summed E-state index contributed by atoms with van der Waals surface area (Å²) >= 11 is 1.62. The summed E-state index contributed by atoms with van der Waals surface area (Å²) in [6, 6.07) is 9.21. The van der Waals surface area contributed by atoms with Crippen molar-refractivity contribution in [3.05, 3.63) is 63.2 Å². The molecule has 1 atom stereocenters. The Bertz CT molecular complexity index is 1210. The van der Waals surface area contributed by atoms with E-state index >= 15 is 0 Å². The summed E-state index contributed by atoms with van der Waals surface area (Å²) in [5.41, 5.74) is 1.68. The molecule has 5 rings (SSSR count). The first-order valence-electron chi connectivity index (χ1n) is 9.11. The van der Waals surface area contributed by atoms with Gasteiger partial charge in [-0.3, -0.25) is 14.2 Å². The molecule has 1 aliphatic carbocycles. The van der Waals surface area contributed by atoms with Crippen molar-refractivity contribution in [1.82, 2.24) is 9.55 Å². The van der Waals surface area contributed by atoms with Crippen molar-refractivity contribution in [2.45, 2.75) is 32.7 Å². The highest BCUT2D eigenvalue weighted by atomic mass is 32.1. The number of hydrogen-bond donors (Lipinski definition) is 0. The molecule has 1 aliphatic rings. The molecule has 27 heavy (non-hydrogen) atoms. The lowest BCUT2D eigenvalue weighted by atomic mass is 9.89. The molecule has 0 N–H and O–H groups in total. The summed E-state index contributed by atoms with van der Waals surface area (Å²) in [5, 5.41) is 1.57. The van der Waals surface area contributed by atoms with Crippen LogP contribution in [0, 0.1) is 5.92 Å². The van der Waals surface area contributed by atoms with Gasteiger partial charge in [0.15, 0.2) is 5.76 Å². The lowest BCUT2D eigenvalue weighted by Gasteiger charge is -2.17. The third kappa shape index (κ3) is 2.72. The molecule has 0 bridgehead atoms. The summed E-state index contributed by atoms with van der Waals surface area (Å²) in [4.78, 5) is 32.2. The van der Waals surface area contributed by atoms with Gasteiger partial charge in [-0.2, -0.15) is 0 Å². The standard InChI is InChI=1S/C21H18N2O3S/c1-12-6-7-14-18(8-12)27-20-19(14)21(25)23(11-22-20)10-15(24)17-9-13-4-2-3-5-16(13)26-17/h2-5,9,11-12H,6-8,10H2,1H3/t12-/m1/s1. The molecular formula is C21H18N2O3S. The van der Waals surface area contributed by atoms with E-state index in [9.17, 15) is 9.59 Å². The van der Waals surface area contributed by atoms with Crippen LogP contribution < -0.4 is 5.56 Å². The van der Waals surface area contributed by atoms with Crippen LogP contribution in [0.5, 0.6) is 0 Å².